The fourth-order valence-corrected chi connectivity index (χ4v) is 4.77. The molecule has 1 aliphatic rings. The lowest BCUT2D eigenvalue weighted by molar-refractivity contribution is 0.411. The summed E-state index contributed by atoms with van der Waals surface area (Å²) in [4.78, 5) is 3.36. The van der Waals surface area contributed by atoms with E-state index in [0.29, 0.717) is 5.75 Å². The number of H-pyrrole nitrogens is 1. The van der Waals surface area contributed by atoms with E-state index in [1.54, 1.807) is 32.2 Å². The Kier molecular flexibility index (Phi) is 4.24. The van der Waals surface area contributed by atoms with Gasteiger partial charge in [0.25, 0.3) is 0 Å². The average Bonchev–Trinajstić information content (AvgIpc) is 3.32. The van der Waals surface area contributed by atoms with Crippen molar-refractivity contribution in [3.8, 4) is 5.75 Å². The van der Waals surface area contributed by atoms with E-state index in [0.717, 1.165) is 34.9 Å². The van der Waals surface area contributed by atoms with Crippen molar-refractivity contribution >= 4 is 20.9 Å². The SMILES string of the molecule is COc1ccc(S(=O)(=O)NCC2(c3c[nH]c4ccc(F)cc34)CC2)cc1C. The molecule has 142 valence electrons. The summed E-state index contributed by atoms with van der Waals surface area (Å²) in [7, 11) is -2.09. The van der Waals surface area contributed by atoms with Gasteiger partial charge in [-0.1, -0.05) is 0 Å². The maximum absolute atomic E-state index is 13.7. The Bertz CT molecular complexity index is 1120. The molecule has 0 spiro atoms. The van der Waals surface area contributed by atoms with Crippen molar-refractivity contribution < 1.29 is 17.5 Å². The van der Waals surface area contributed by atoms with Crippen molar-refractivity contribution in [3.63, 3.8) is 0 Å². The quantitative estimate of drug-likeness (QED) is 0.677. The second-order valence-electron chi connectivity index (χ2n) is 7.13. The maximum atomic E-state index is 13.7. The molecule has 7 heteroatoms. The highest BCUT2D eigenvalue weighted by atomic mass is 32.2. The van der Waals surface area contributed by atoms with Gasteiger partial charge in [0.15, 0.2) is 0 Å². The molecule has 2 aromatic carbocycles. The van der Waals surface area contributed by atoms with E-state index >= 15 is 0 Å². The smallest absolute Gasteiger partial charge is 0.240 e. The Morgan fingerprint density at radius 1 is 1.22 bits per heavy atom. The van der Waals surface area contributed by atoms with E-state index in [1.165, 1.54) is 18.2 Å². The van der Waals surface area contributed by atoms with Crippen molar-refractivity contribution in [2.45, 2.75) is 30.1 Å². The van der Waals surface area contributed by atoms with Gasteiger partial charge in [-0.2, -0.15) is 0 Å². The molecule has 0 saturated heterocycles. The van der Waals surface area contributed by atoms with Crippen LogP contribution in [0, 0.1) is 12.7 Å². The van der Waals surface area contributed by atoms with Gasteiger partial charge in [-0.05, 0) is 67.3 Å². The summed E-state index contributed by atoms with van der Waals surface area (Å²) < 4.78 is 47.0. The summed E-state index contributed by atoms with van der Waals surface area (Å²) in [6.45, 7) is 2.09. The highest BCUT2D eigenvalue weighted by Crippen LogP contribution is 2.50. The minimum Gasteiger partial charge on any atom is -0.496 e. The van der Waals surface area contributed by atoms with Crippen LogP contribution in [0.15, 0.2) is 47.5 Å². The fourth-order valence-electron chi connectivity index (χ4n) is 3.56. The van der Waals surface area contributed by atoms with Gasteiger partial charge in [0, 0.05) is 29.1 Å². The second kappa shape index (κ2) is 6.35. The summed E-state index contributed by atoms with van der Waals surface area (Å²) in [5, 5.41) is 0.812. The van der Waals surface area contributed by atoms with E-state index < -0.39 is 10.0 Å². The Labute approximate surface area is 157 Å². The number of sulfonamides is 1. The minimum absolute atomic E-state index is 0.210. The number of hydrogen-bond acceptors (Lipinski definition) is 3. The molecule has 1 fully saturated rings. The van der Waals surface area contributed by atoms with Gasteiger partial charge >= 0.3 is 0 Å². The standard InChI is InChI=1S/C20H21FN2O3S/c1-13-9-15(4-6-19(13)26-2)27(24,25)23-12-20(7-8-20)17-11-22-18-5-3-14(21)10-16(17)18/h3-6,9-11,22-23H,7-8,12H2,1-2H3. The Balaban J connectivity index is 1.58. The third-order valence-electron chi connectivity index (χ3n) is 5.35. The number of aromatic amines is 1. The van der Waals surface area contributed by atoms with Crippen LogP contribution in [-0.4, -0.2) is 27.1 Å². The van der Waals surface area contributed by atoms with Crippen LogP contribution in [0.1, 0.15) is 24.0 Å². The average molecular weight is 388 g/mol. The van der Waals surface area contributed by atoms with Crippen LogP contribution in [0.4, 0.5) is 4.39 Å². The van der Waals surface area contributed by atoms with Crippen molar-refractivity contribution in [3.05, 3.63) is 59.5 Å². The number of aromatic nitrogens is 1. The molecule has 1 saturated carbocycles. The van der Waals surface area contributed by atoms with E-state index in [1.807, 2.05) is 6.20 Å². The Morgan fingerprint density at radius 2 is 2.00 bits per heavy atom. The molecule has 1 aliphatic carbocycles. The molecule has 0 atom stereocenters. The predicted octanol–water partition coefficient (Wildman–Crippen LogP) is 3.63. The molecule has 0 aliphatic heterocycles. The molecule has 0 unspecified atom stereocenters. The molecule has 0 bridgehead atoms. The van der Waals surface area contributed by atoms with Gasteiger partial charge in [0.2, 0.25) is 10.0 Å². The highest BCUT2D eigenvalue weighted by Gasteiger charge is 2.46. The summed E-state index contributed by atoms with van der Waals surface area (Å²) in [6, 6.07) is 9.41. The largest absolute Gasteiger partial charge is 0.496 e. The van der Waals surface area contributed by atoms with Crippen molar-refractivity contribution in [1.82, 2.24) is 9.71 Å². The second-order valence-corrected chi connectivity index (χ2v) is 8.90. The van der Waals surface area contributed by atoms with E-state index in [4.69, 9.17) is 4.74 Å². The third-order valence-corrected chi connectivity index (χ3v) is 6.74. The van der Waals surface area contributed by atoms with Gasteiger partial charge in [-0.3, -0.25) is 0 Å². The molecule has 2 N–H and O–H groups in total. The number of halogens is 1. The number of rotatable bonds is 6. The predicted molar refractivity (Wildman–Crippen MR) is 102 cm³/mol. The first-order valence-electron chi connectivity index (χ1n) is 8.76. The van der Waals surface area contributed by atoms with Crippen LogP contribution in [0.2, 0.25) is 0 Å². The van der Waals surface area contributed by atoms with Crippen LogP contribution in [0.3, 0.4) is 0 Å². The zero-order valence-electron chi connectivity index (χ0n) is 15.2. The van der Waals surface area contributed by atoms with Crippen LogP contribution in [0.5, 0.6) is 5.75 Å². The number of aryl methyl sites for hydroxylation is 1. The number of fused-ring (bicyclic) bond motifs is 1. The molecule has 27 heavy (non-hydrogen) atoms. The lowest BCUT2D eigenvalue weighted by atomic mass is 9.96. The topological polar surface area (TPSA) is 71.2 Å². The zero-order valence-corrected chi connectivity index (χ0v) is 16.0. The molecule has 5 nitrogen and oxygen atoms in total. The Hall–Kier alpha value is -2.38. The summed E-state index contributed by atoms with van der Waals surface area (Å²) in [5.74, 6) is 0.349. The molecule has 0 radical (unpaired) electrons. The lowest BCUT2D eigenvalue weighted by Gasteiger charge is -2.16. The van der Waals surface area contributed by atoms with Gasteiger partial charge in [0.1, 0.15) is 11.6 Å². The molecule has 0 amide bonds. The van der Waals surface area contributed by atoms with Gasteiger partial charge in [-0.15, -0.1) is 0 Å². The zero-order chi connectivity index (χ0) is 19.2. The third kappa shape index (κ3) is 3.21. The molecule has 3 aromatic rings. The minimum atomic E-state index is -3.64. The van der Waals surface area contributed by atoms with Crippen molar-refractivity contribution in [2.24, 2.45) is 0 Å². The highest BCUT2D eigenvalue weighted by molar-refractivity contribution is 7.89. The van der Waals surface area contributed by atoms with Gasteiger partial charge in [-0.25, -0.2) is 17.5 Å². The van der Waals surface area contributed by atoms with Crippen LogP contribution < -0.4 is 9.46 Å². The molecule has 4 rings (SSSR count). The van der Waals surface area contributed by atoms with E-state index in [2.05, 4.69) is 9.71 Å². The summed E-state index contributed by atoms with van der Waals surface area (Å²) in [5.41, 5.74) is 2.28. The summed E-state index contributed by atoms with van der Waals surface area (Å²) >= 11 is 0. The van der Waals surface area contributed by atoms with Crippen LogP contribution >= 0.6 is 0 Å². The number of hydrogen-bond donors (Lipinski definition) is 2. The van der Waals surface area contributed by atoms with E-state index in [-0.39, 0.29) is 22.7 Å². The maximum Gasteiger partial charge on any atom is 0.240 e. The number of nitrogens with one attached hydrogen (secondary N) is 2. The van der Waals surface area contributed by atoms with Gasteiger partial charge in [0.05, 0.1) is 12.0 Å². The van der Waals surface area contributed by atoms with Crippen LogP contribution in [-0.2, 0) is 15.4 Å². The van der Waals surface area contributed by atoms with Crippen molar-refractivity contribution in [2.75, 3.05) is 13.7 Å². The number of methoxy groups -OCH3 is 1. The lowest BCUT2D eigenvalue weighted by Crippen LogP contribution is -2.32. The summed E-state index contributed by atoms with van der Waals surface area (Å²) in [6.07, 6.45) is 3.59. The first kappa shape index (κ1) is 18.0. The normalized spacial score (nSPS) is 15.8. The van der Waals surface area contributed by atoms with E-state index in [9.17, 15) is 12.8 Å². The number of benzene rings is 2. The first-order valence-corrected chi connectivity index (χ1v) is 10.2. The first-order chi connectivity index (χ1) is 12.8. The Morgan fingerprint density at radius 3 is 2.67 bits per heavy atom. The molecule has 1 heterocycles. The van der Waals surface area contributed by atoms with Gasteiger partial charge < -0.3 is 9.72 Å². The monoisotopic (exact) mass is 388 g/mol. The molecular weight excluding hydrogens is 367 g/mol. The van der Waals surface area contributed by atoms with Crippen LogP contribution in [0.25, 0.3) is 10.9 Å². The molecule has 1 aromatic heterocycles. The fraction of sp³-hybridized carbons (Fsp3) is 0.300. The molecular formula is C20H21FN2O3S. The van der Waals surface area contributed by atoms with Crippen molar-refractivity contribution in [1.29, 1.82) is 0 Å². The number of ether oxygens (including phenoxy) is 1.